The third-order valence-electron chi connectivity index (χ3n) is 5.72. The van der Waals surface area contributed by atoms with E-state index in [2.05, 4.69) is 24.1 Å². The second-order valence-electron chi connectivity index (χ2n) is 8.28. The van der Waals surface area contributed by atoms with Crippen molar-refractivity contribution in [3.8, 4) is 0 Å². The molecule has 1 saturated heterocycles. The van der Waals surface area contributed by atoms with Gasteiger partial charge in [0.1, 0.15) is 6.61 Å². The number of nitrogens with one attached hydrogen (secondary N) is 1. The third-order valence-corrected chi connectivity index (χ3v) is 5.72. The minimum absolute atomic E-state index is 0.231. The molecule has 2 aromatic rings. The fourth-order valence-electron chi connectivity index (χ4n) is 3.80. The molecule has 0 bridgehead atoms. The van der Waals surface area contributed by atoms with Crippen LogP contribution in [0.1, 0.15) is 43.9 Å². The molecule has 0 aliphatic carbocycles. The SMILES string of the molecule is CC(C)N1CCC(COCC(NC(=O)OCc2ccccc2)c2ccccc2)CC1. The van der Waals surface area contributed by atoms with Crippen LogP contribution in [0.25, 0.3) is 0 Å². The van der Waals surface area contributed by atoms with Crippen LogP contribution < -0.4 is 5.32 Å². The van der Waals surface area contributed by atoms with Crippen LogP contribution in [0.3, 0.4) is 0 Å². The molecule has 1 amide bonds. The number of carbonyl (C=O) groups excluding carboxylic acids is 1. The number of benzene rings is 2. The maximum atomic E-state index is 12.4. The van der Waals surface area contributed by atoms with E-state index in [-0.39, 0.29) is 12.6 Å². The zero-order chi connectivity index (χ0) is 21.2. The van der Waals surface area contributed by atoms with Crippen molar-refractivity contribution in [2.75, 3.05) is 26.3 Å². The van der Waals surface area contributed by atoms with Crippen LogP contribution >= 0.6 is 0 Å². The monoisotopic (exact) mass is 410 g/mol. The molecule has 3 rings (SSSR count). The summed E-state index contributed by atoms with van der Waals surface area (Å²) in [5.41, 5.74) is 1.98. The summed E-state index contributed by atoms with van der Waals surface area (Å²) >= 11 is 0. The Kier molecular flexibility index (Phi) is 8.72. The van der Waals surface area contributed by atoms with Crippen molar-refractivity contribution < 1.29 is 14.3 Å². The molecule has 1 atom stereocenters. The van der Waals surface area contributed by atoms with Gasteiger partial charge in [0.25, 0.3) is 0 Å². The van der Waals surface area contributed by atoms with Crippen LogP contribution in [0.4, 0.5) is 4.79 Å². The number of ether oxygens (including phenoxy) is 2. The first-order valence-electron chi connectivity index (χ1n) is 11.0. The lowest BCUT2D eigenvalue weighted by molar-refractivity contribution is 0.0471. The Morgan fingerprint density at radius 3 is 2.30 bits per heavy atom. The molecule has 1 N–H and O–H groups in total. The van der Waals surface area contributed by atoms with E-state index in [4.69, 9.17) is 9.47 Å². The quantitative estimate of drug-likeness (QED) is 0.646. The highest BCUT2D eigenvalue weighted by atomic mass is 16.5. The summed E-state index contributed by atoms with van der Waals surface area (Å²) in [5.74, 6) is 0.585. The molecule has 1 unspecified atom stereocenters. The van der Waals surface area contributed by atoms with Gasteiger partial charge in [-0.15, -0.1) is 0 Å². The molecular formula is C25H34N2O3. The third kappa shape index (κ3) is 7.15. The van der Waals surface area contributed by atoms with E-state index in [1.54, 1.807) is 0 Å². The van der Waals surface area contributed by atoms with Crippen molar-refractivity contribution in [3.63, 3.8) is 0 Å². The van der Waals surface area contributed by atoms with Gasteiger partial charge in [-0.1, -0.05) is 60.7 Å². The summed E-state index contributed by atoms with van der Waals surface area (Å²) in [6.45, 7) is 8.21. The number of carbonyl (C=O) groups is 1. The number of likely N-dealkylation sites (tertiary alicyclic amines) is 1. The van der Waals surface area contributed by atoms with E-state index in [1.807, 2.05) is 60.7 Å². The number of hydrogen-bond donors (Lipinski definition) is 1. The van der Waals surface area contributed by atoms with Crippen LogP contribution in [0.15, 0.2) is 60.7 Å². The minimum Gasteiger partial charge on any atom is -0.445 e. The predicted octanol–water partition coefficient (Wildman–Crippen LogP) is 4.79. The number of amides is 1. The standard InChI is InChI=1S/C25H34N2O3/c1-20(2)27-15-13-22(14-16-27)17-29-19-24(23-11-7-4-8-12-23)26-25(28)30-18-21-9-5-3-6-10-21/h3-12,20,22,24H,13-19H2,1-2H3,(H,26,28). The Labute approximate surface area is 180 Å². The molecule has 1 heterocycles. The van der Waals surface area contributed by atoms with Gasteiger partial charge in [-0.05, 0) is 56.8 Å². The van der Waals surface area contributed by atoms with Gasteiger partial charge in [-0.2, -0.15) is 0 Å². The molecule has 0 aromatic heterocycles. The number of rotatable bonds is 9. The highest BCUT2D eigenvalue weighted by molar-refractivity contribution is 5.68. The Morgan fingerprint density at radius 2 is 1.67 bits per heavy atom. The van der Waals surface area contributed by atoms with Crippen molar-refractivity contribution in [2.45, 2.75) is 45.4 Å². The lowest BCUT2D eigenvalue weighted by Gasteiger charge is -2.34. The molecular weight excluding hydrogens is 376 g/mol. The zero-order valence-corrected chi connectivity index (χ0v) is 18.1. The van der Waals surface area contributed by atoms with E-state index >= 15 is 0 Å². The van der Waals surface area contributed by atoms with Crippen LogP contribution in [0.5, 0.6) is 0 Å². The predicted molar refractivity (Wildman–Crippen MR) is 119 cm³/mol. The van der Waals surface area contributed by atoms with Crippen molar-refractivity contribution in [1.29, 1.82) is 0 Å². The van der Waals surface area contributed by atoms with E-state index < -0.39 is 6.09 Å². The molecule has 0 radical (unpaired) electrons. The van der Waals surface area contributed by atoms with Crippen LogP contribution in [0.2, 0.25) is 0 Å². The first kappa shape index (κ1) is 22.3. The number of piperidine rings is 1. The topological polar surface area (TPSA) is 50.8 Å². The van der Waals surface area contributed by atoms with Gasteiger partial charge < -0.3 is 19.7 Å². The number of hydrogen-bond acceptors (Lipinski definition) is 4. The molecule has 5 nitrogen and oxygen atoms in total. The summed E-state index contributed by atoms with van der Waals surface area (Å²) in [4.78, 5) is 14.9. The van der Waals surface area contributed by atoms with Gasteiger partial charge in [-0.3, -0.25) is 0 Å². The minimum atomic E-state index is -0.429. The average molecular weight is 411 g/mol. The van der Waals surface area contributed by atoms with Crippen LogP contribution in [-0.2, 0) is 16.1 Å². The second-order valence-corrected chi connectivity index (χ2v) is 8.28. The number of nitrogens with zero attached hydrogens (tertiary/aromatic N) is 1. The molecule has 2 aromatic carbocycles. The van der Waals surface area contributed by atoms with Gasteiger partial charge in [0.05, 0.1) is 12.6 Å². The Hall–Kier alpha value is -2.37. The summed E-state index contributed by atoms with van der Waals surface area (Å²) < 4.78 is 11.5. The molecule has 1 fully saturated rings. The number of alkyl carbamates (subject to hydrolysis) is 1. The maximum Gasteiger partial charge on any atom is 0.408 e. The molecule has 162 valence electrons. The van der Waals surface area contributed by atoms with Crippen molar-refractivity contribution in [1.82, 2.24) is 10.2 Å². The fraction of sp³-hybridized carbons (Fsp3) is 0.480. The van der Waals surface area contributed by atoms with Gasteiger partial charge >= 0.3 is 6.09 Å². The van der Waals surface area contributed by atoms with E-state index in [0.29, 0.717) is 18.6 Å². The Bertz CT molecular complexity index is 744. The van der Waals surface area contributed by atoms with Crippen LogP contribution in [-0.4, -0.2) is 43.3 Å². The molecule has 1 aliphatic rings. The average Bonchev–Trinajstić information content (AvgIpc) is 2.78. The first-order valence-corrected chi connectivity index (χ1v) is 11.0. The normalized spacial score (nSPS) is 16.4. The fourth-order valence-corrected chi connectivity index (χ4v) is 3.80. The summed E-state index contributed by atoms with van der Waals surface area (Å²) in [5, 5.41) is 2.97. The van der Waals surface area contributed by atoms with Gasteiger partial charge in [0.2, 0.25) is 0 Å². The molecule has 0 spiro atoms. The van der Waals surface area contributed by atoms with Gasteiger partial charge in [-0.25, -0.2) is 4.79 Å². The van der Waals surface area contributed by atoms with E-state index in [0.717, 1.165) is 30.8 Å². The van der Waals surface area contributed by atoms with Crippen molar-refractivity contribution >= 4 is 6.09 Å². The van der Waals surface area contributed by atoms with Gasteiger partial charge in [0, 0.05) is 12.6 Å². The summed E-state index contributed by atoms with van der Waals surface area (Å²) in [6, 6.07) is 20.0. The zero-order valence-electron chi connectivity index (χ0n) is 18.1. The van der Waals surface area contributed by atoms with Crippen molar-refractivity contribution in [3.05, 3.63) is 71.8 Å². The lowest BCUT2D eigenvalue weighted by Crippen LogP contribution is -2.39. The molecule has 30 heavy (non-hydrogen) atoms. The maximum absolute atomic E-state index is 12.4. The summed E-state index contributed by atoms with van der Waals surface area (Å²) in [6.07, 6.45) is 1.91. The van der Waals surface area contributed by atoms with E-state index in [1.165, 1.54) is 12.8 Å². The smallest absolute Gasteiger partial charge is 0.408 e. The van der Waals surface area contributed by atoms with Gasteiger partial charge in [0.15, 0.2) is 0 Å². The Balaban J connectivity index is 1.47. The molecule has 5 heteroatoms. The molecule has 0 saturated carbocycles. The largest absolute Gasteiger partial charge is 0.445 e. The summed E-state index contributed by atoms with van der Waals surface area (Å²) in [7, 11) is 0. The van der Waals surface area contributed by atoms with Crippen molar-refractivity contribution in [2.24, 2.45) is 5.92 Å². The highest BCUT2D eigenvalue weighted by Crippen LogP contribution is 2.20. The second kappa shape index (κ2) is 11.7. The first-order chi connectivity index (χ1) is 14.6. The lowest BCUT2D eigenvalue weighted by atomic mass is 9.97. The van der Waals surface area contributed by atoms with Crippen LogP contribution in [0, 0.1) is 5.92 Å². The molecule has 1 aliphatic heterocycles. The highest BCUT2D eigenvalue weighted by Gasteiger charge is 2.22. The van der Waals surface area contributed by atoms with E-state index in [9.17, 15) is 4.79 Å². The Morgan fingerprint density at radius 1 is 1.03 bits per heavy atom.